The van der Waals surface area contributed by atoms with Crippen LogP contribution in [0.25, 0.3) is 0 Å². The molecule has 1 aromatic carbocycles. The predicted octanol–water partition coefficient (Wildman–Crippen LogP) is 2.61. The molecule has 18 heavy (non-hydrogen) atoms. The predicted molar refractivity (Wildman–Crippen MR) is 67.3 cm³/mol. The SMILES string of the molecule is O=C(O)c1ccccc1SCc1o[nH]c(=O)c1Cl. The Morgan fingerprint density at radius 2 is 2.17 bits per heavy atom. The molecule has 0 amide bonds. The van der Waals surface area contributed by atoms with Crippen molar-refractivity contribution in [2.45, 2.75) is 10.6 Å². The molecule has 2 rings (SSSR count). The van der Waals surface area contributed by atoms with Crippen molar-refractivity contribution in [2.75, 3.05) is 0 Å². The van der Waals surface area contributed by atoms with E-state index >= 15 is 0 Å². The van der Waals surface area contributed by atoms with Gasteiger partial charge in [0, 0.05) is 4.90 Å². The van der Waals surface area contributed by atoms with Gasteiger partial charge >= 0.3 is 5.97 Å². The van der Waals surface area contributed by atoms with Crippen LogP contribution in [0.3, 0.4) is 0 Å². The number of carboxylic acids is 1. The first-order chi connectivity index (χ1) is 8.59. The van der Waals surface area contributed by atoms with E-state index in [-0.39, 0.29) is 16.3 Å². The highest BCUT2D eigenvalue weighted by atomic mass is 35.5. The molecule has 7 heteroatoms. The Bertz CT molecular complexity index is 634. The second-order valence-electron chi connectivity index (χ2n) is 3.36. The average molecular weight is 286 g/mol. The molecule has 0 fully saturated rings. The van der Waals surface area contributed by atoms with Gasteiger partial charge in [-0.15, -0.1) is 11.8 Å². The van der Waals surface area contributed by atoms with E-state index in [9.17, 15) is 9.59 Å². The van der Waals surface area contributed by atoms with Gasteiger partial charge in [-0.05, 0) is 12.1 Å². The maximum absolute atomic E-state index is 11.0. The maximum Gasteiger partial charge on any atom is 0.336 e. The topological polar surface area (TPSA) is 83.3 Å². The van der Waals surface area contributed by atoms with E-state index in [1.807, 2.05) is 0 Å². The highest BCUT2D eigenvalue weighted by molar-refractivity contribution is 7.98. The Hall–Kier alpha value is -1.66. The van der Waals surface area contributed by atoms with Gasteiger partial charge in [-0.25, -0.2) is 4.79 Å². The molecule has 0 atom stereocenters. The summed E-state index contributed by atoms with van der Waals surface area (Å²) in [6.07, 6.45) is 0. The zero-order valence-corrected chi connectivity index (χ0v) is 10.5. The van der Waals surface area contributed by atoms with Crippen molar-refractivity contribution >= 4 is 29.3 Å². The minimum Gasteiger partial charge on any atom is -0.478 e. The minimum atomic E-state index is -1.00. The van der Waals surface area contributed by atoms with Crippen molar-refractivity contribution in [1.29, 1.82) is 0 Å². The van der Waals surface area contributed by atoms with Crippen molar-refractivity contribution in [1.82, 2.24) is 5.16 Å². The van der Waals surface area contributed by atoms with E-state index in [1.54, 1.807) is 18.2 Å². The molecule has 0 unspecified atom stereocenters. The molecular weight excluding hydrogens is 278 g/mol. The van der Waals surface area contributed by atoms with E-state index in [0.717, 1.165) is 0 Å². The van der Waals surface area contributed by atoms with Gasteiger partial charge in [-0.2, -0.15) is 5.16 Å². The van der Waals surface area contributed by atoms with Crippen LogP contribution in [-0.4, -0.2) is 16.2 Å². The fourth-order valence-corrected chi connectivity index (χ4v) is 2.53. The van der Waals surface area contributed by atoms with Crippen LogP contribution >= 0.6 is 23.4 Å². The van der Waals surface area contributed by atoms with Crippen LogP contribution < -0.4 is 5.56 Å². The van der Waals surface area contributed by atoms with Gasteiger partial charge in [0.1, 0.15) is 0 Å². The summed E-state index contributed by atoms with van der Waals surface area (Å²) in [5.41, 5.74) is -0.282. The molecule has 0 bridgehead atoms. The molecule has 0 spiro atoms. The summed E-state index contributed by atoms with van der Waals surface area (Å²) >= 11 is 6.95. The van der Waals surface area contributed by atoms with Crippen LogP contribution in [0.2, 0.25) is 5.02 Å². The van der Waals surface area contributed by atoms with E-state index in [0.29, 0.717) is 10.7 Å². The number of aromatic amines is 1. The quantitative estimate of drug-likeness (QED) is 0.844. The van der Waals surface area contributed by atoms with Crippen molar-refractivity contribution in [3.05, 3.63) is 51.0 Å². The summed E-state index contributed by atoms with van der Waals surface area (Å²) in [6, 6.07) is 6.59. The number of aromatic carboxylic acids is 1. The van der Waals surface area contributed by atoms with E-state index in [2.05, 4.69) is 5.16 Å². The van der Waals surface area contributed by atoms with E-state index in [1.165, 1.54) is 17.8 Å². The Balaban J connectivity index is 2.18. The number of benzene rings is 1. The second-order valence-corrected chi connectivity index (χ2v) is 4.76. The summed E-state index contributed by atoms with van der Waals surface area (Å²) < 4.78 is 4.88. The molecule has 0 aliphatic carbocycles. The van der Waals surface area contributed by atoms with E-state index in [4.69, 9.17) is 21.2 Å². The van der Waals surface area contributed by atoms with Crippen molar-refractivity contribution in [3.63, 3.8) is 0 Å². The lowest BCUT2D eigenvalue weighted by molar-refractivity contribution is 0.0693. The summed E-state index contributed by atoms with van der Waals surface area (Å²) in [4.78, 5) is 22.6. The fourth-order valence-electron chi connectivity index (χ4n) is 1.33. The highest BCUT2D eigenvalue weighted by Gasteiger charge is 2.13. The average Bonchev–Trinajstić information content (AvgIpc) is 2.68. The van der Waals surface area contributed by atoms with Crippen LogP contribution in [0.15, 0.2) is 38.5 Å². The molecule has 0 aliphatic rings. The van der Waals surface area contributed by atoms with Crippen LogP contribution in [0.4, 0.5) is 0 Å². The van der Waals surface area contributed by atoms with Crippen LogP contribution in [0, 0.1) is 0 Å². The third kappa shape index (κ3) is 2.60. The zero-order valence-electron chi connectivity index (χ0n) is 8.97. The molecule has 2 N–H and O–H groups in total. The lowest BCUT2D eigenvalue weighted by Gasteiger charge is -2.03. The van der Waals surface area contributed by atoms with Gasteiger partial charge in [-0.3, -0.25) is 4.79 Å². The van der Waals surface area contributed by atoms with Gasteiger partial charge in [0.15, 0.2) is 10.8 Å². The molecule has 5 nitrogen and oxygen atoms in total. The van der Waals surface area contributed by atoms with Gasteiger partial charge in [-0.1, -0.05) is 23.7 Å². The lowest BCUT2D eigenvalue weighted by Crippen LogP contribution is -1.98. The lowest BCUT2D eigenvalue weighted by atomic mass is 10.2. The smallest absolute Gasteiger partial charge is 0.336 e. The number of aromatic nitrogens is 1. The number of hydrogen-bond donors (Lipinski definition) is 2. The molecule has 0 saturated heterocycles. The first kappa shape index (κ1) is 12.8. The third-order valence-corrected chi connectivity index (χ3v) is 3.64. The molecule has 0 aliphatic heterocycles. The molecule has 1 heterocycles. The number of carboxylic acid groups (broad SMARTS) is 1. The second kappa shape index (κ2) is 5.32. The highest BCUT2D eigenvalue weighted by Crippen LogP contribution is 2.27. The summed E-state index contributed by atoms with van der Waals surface area (Å²) in [7, 11) is 0. The number of hydrogen-bond acceptors (Lipinski definition) is 4. The molecular formula is C11H8ClNO4S. The van der Waals surface area contributed by atoms with Gasteiger partial charge < -0.3 is 9.63 Å². The number of thioether (sulfide) groups is 1. The molecule has 0 radical (unpaired) electrons. The van der Waals surface area contributed by atoms with E-state index < -0.39 is 11.5 Å². The molecule has 0 saturated carbocycles. The van der Waals surface area contributed by atoms with Gasteiger partial charge in [0.25, 0.3) is 5.56 Å². The van der Waals surface area contributed by atoms with Crippen LogP contribution in [0.5, 0.6) is 0 Å². The Morgan fingerprint density at radius 1 is 1.44 bits per heavy atom. The normalized spacial score (nSPS) is 10.5. The number of nitrogens with one attached hydrogen (secondary N) is 1. The number of rotatable bonds is 4. The van der Waals surface area contributed by atoms with Gasteiger partial charge in [0.05, 0.1) is 11.3 Å². The maximum atomic E-state index is 11.0. The first-order valence-corrected chi connectivity index (χ1v) is 6.27. The largest absolute Gasteiger partial charge is 0.478 e. The van der Waals surface area contributed by atoms with Crippen LogP contribution in [0.1, 0.15) is 16.1 Å². The summed E-state index contributed by atoms with van der Waals surface area (Å²) in [5.74, 6) is -0.423. The Kier molecular flexibility index (Phi) is 3.78. The monoisotopic (exact) mass is 285 g/mol. The fraction of sp³-hybridized carbons (Fsp3) is 0.0909. The molecule has 94 valence electrons. The zero-order chi connectivity index (χ0) is 13.1. The third-order valence-electron chi connectivity index (χ3n) is 2.19. The standard InChI is InChI=1S/C11H8ClNO4S/c12-9-7(17-13-10(9)14)5-18-8-4-2-1-3-6(8)11(15)16/h1-4H,5H2,(H,13,14)(H,15,16). The Labute approximate surface area is 111 Å². The molecule has 2 aromatic rings. The minimum absolute atomic E-state index is 0.00435. The van der Waals surface area contributed by atoms with Crippen molar-refractivity contribution in [3.8, 4) is 0 Å². The summed E-state index contributed by atoms with van der Waals surface area (Å²) in [5, 5.41) is 11.1. The number of carbonyl (C=O) groups is 1. The van der Waals surface area contributed by atoms with Gasteiger partial charge in [0.2, 0.25) is 0 Å². The molecule has 1 aromatic heterocycles. The van der Waals surface area contributed by atoms with Crippen LogP contribution in [-0.2, 0) is 5.75 Å². The first-order valence-electron chi connectivity index (χ1n) is 4.90. The number of H-pyrrole nitrogens is 1. The van der Waals surface area contributed by atoms with Crippen molar-refractivity contribution < 1.29 is 14.4 Å². The Morgan fingerprint density at radius 3 is 2.78 bits per heavy atom. The summed E-state index contributed by atoms with van der Waals surface area (Å²) in [6.45, 7) is 0. The number of halogens is 1. The van der Waals surface area contributed by atoms with Crippen molar-refractivity contribution in [2.24, 2.45) is 0 Å².